The van der Waals surface area contributed by atoms with E-state index in [1.807, 2.05) is 49.8 Å². The summed E-state index contributed by atoms with van der Waals surface area (Å²) in [5, 5.41) is 3.40. The van der Waals surface area contributed by atoms with E-state index in [1.54, 1.807) is 7.11 Å². The Labute approximate surface area is 202 Å². The van der Waals surface area contributed by atoms with Gasteiger partial charge in [-0.2, -0.15) is 0 Å². The van der Waals surface area contributed by atoms with Gasteiger partial charge in [-0.3, -0.25) is 4.98 Å². The SMILES string of the molecule is COc1cc(N(C)CCN(C)C)c(N)cc1Nc1cc(N2CC(C)(C)c3ncccc32)ccn1. The van der Waals surface area contributed by atoms with Crippen molar-refractivity contribution in [3.8, 4) is 5.75 Å². The van der Waals surface area contributed by atoms with E-state index >= 15 is 0 Å². The first-order chi connectivity index (χ1) is 16.2. The summed E-state index contributed by atoms with van der Waals surface area (Å²) in [5.41, 5.74) is 12.1. The molecule has 0 saturated carbocycles. The number of nitrogens with two attached hydrogens (primary N) is 1. The zero-order chi connectivity index (χ0) is 24.5. The standard InChI is InChI=1S/C26H35N7O/c1-26(2)17-33(21-8-7-10-29-25(21)26)18-9-11-28-24(14-18)30-20-15-19(27)22(16-23(20)34-6)32(5)13-12-31(3)4/h7-11,14-16H,12-13,17,27H2,1-6H3,(H,28,30). The van der Waals surface area contributed by atoms with Gasteiger partial charge in [-0.1, -0.05) is 13.8 Å². The molecular formula is C26H35N7O. The van der Waals surface area contributed by atoms with Gasteiger partial charge in [0.15, 0.2) is 0 Å². The van der Waals surface area contributed by atoms with Crippen LogP contribution in [0.3, 0.4) is 0 Å². The maximum atomic E-state index is 6.43. The smallest absolute Gasteiger partial charge is 0.144 e. The maximum Gasteiger partial charge on any atom is 0.144 e. The van der Waals surface area contributed by atoms with Crippen molar-refractivity contribution in [3.63, 3.8) is 0 Å². The van der Waals surface area contributed by atoms with Crippen molar-refractivity contribution < 1.29 is 4.74 Å². The second-order valence-electron chi connectivity index (χ2n) is 9.70. The number of likely N-dealkylation sites (N-methyl/N-ethyl adjacent to an activating group) is 2. The fourth-order valence-corrected chi connectivity index (χ4v) is 4.37. The molecule has 3 N–H and O–H groups in total. The van der Waals surface area contributed by atoms with Crippen molar-refractivity contribution in [2.45, 2.75) is 19.3 Å². The molecule has 0 bridgehead atoms. The number of benzene rings is 1. The van der Waals surface area contributed by atoms with Gasteiger partial charge < -0.3 is 30.5 Å². The largest absolute Gasteiger partial charge is 0.494 e. The molecule has 1 aliphatic heterocycles. The van der Waals surface area contributed by atoms with E-state index in [0.29, 0.717) is 11.4 Å². The summed E-state index contributed by atoms with van der Waals surface area (Å²) in [5.74, 6) is 1.43. The average Bonchev–Trinajstić information content (AvgIpc) is 3.09. The molecule has 0 unspecified atom stereocenters. The summed E-state index contributed by atoms with van der Waals surface area (Å²) in [6.45, 7) is 7.10. The molecule has 0 saturated heterocycles. The maximum absolute atomic E-state index is 6.43. The molecule has 0 fully saturated rings. The minimum absolute atomic E-state index is 0.0282. The lowest BCUT2D eigenvalue weighted by Crippen LogP contribution is -2.29. The van der Waals surface area contributed by atoms with Crippen LogP contribution in [-0.4, -0.2) is 62.8 Å². The molecule has 1 aromatic carbocycles. The fourth-order valence-electron chi connectivity index (χ4n) is 4.37. The number of ether oxygens (including phenoxy) is 1. The summed E-state index contributed by atoms with van der Waals surface area (Å²) >= 11 is 0. The predicted molar refractivity (Wildman–Crippen MR) is 141 cm³/mol. The molecule has 0 atom stereocenters. The van der Waals surface area contributed by atoms with Gasteiger partial charge in [-0.25, -0.2) is 4.98 Å². The zero-order valence-electron chi connectivity index (χ0n) is 21.0. The van der Waals surface area contributed by atoms with Crippen LogP contribution in [0, 0.1) is 0 Å². The Morgan fingerprint density at radius 3 is 2.62 bits per heavy atom. The van der Waals surface area contributed by atoms with Crippen molar-refractivity contribution in [1.82, 2.24) is 14.9 Å². The Morgan fingerprint density at radius 1 is 1.09 bits per heavy atom. The minimum Gasteiger partial charge on any atom is -0.494 e. The van der Waals surface area contributed by atoms with Crippen LogP contribution in [0.5, 0.6) is 5.75 Å². The van der Waals surface area contributed by atoms with Crippen molar-refractivity contribution in [2.24, 2.45) is 0 Å². The minimum atomic E-state index is -0.0282. The lowest BCUT2D eigenvalue weighted by molar-refractivity contribution is 0.413. The number of hydrogen-bond donors (Lipinski definition) is 2. The first-order valence-corrected chi connectivity index (χ1v) is 11.5. The summed E-state index contributed by atoms with van der Waals surface area (Å²) in [7, 11) is 7.83. The second-order valence-corrected chi connectivity index (χ2v) is 9.70. The highest BCUT2D eigenvalue weighted by molar-refractivity contribution is 5.80. The van der Waals surface area contributed by atoms with Crippen molar-refractivity contribution in [3.05, 3.63) is 54.5 Å². The molecule has 0 radical (unpaired) electrons. The molecule has 0 aliphatic carbocycles. The number of methoxy groups -OCH3 is 1. The van der Waals surface area contributed by atoms with Crippen LogP contribution in [-0.2, 0) is 5.41 Å². The number of fused-ring (bicyclic) bond motifs is 1. The zero-order valence-corrected chi connectivity index (χ0v) is 21.0. The Balaban J connectivity index is 1.60. The Kier molecular flexibility index (Phi) is 6.52. The fraction of sp³-hybridized carbons (Fsp3) is 0.385. The molecule has 3 heterocycles. The van der Waals surface area contributed by atoms with Crippen LogP contribution in [0.4, 0.5) is 34.3 Å². The van der Waals surface area contributed by atoms with Crippen LogP contribution < -0.4 is 25.6 Å². The van der Waals surface area contributed by atoms with E-state index in [0.717, 1.165) is 53.9 Å². The Hall–Kier alpha value is -3.52. The third-order valence-corrected chi connectivity index (χ3v) is 6.23. The van der Waals surface area contributed by atoms with Crippen LogP contribution in [0.1, 0.15) is 19.5 Å². The molecular weight excluding hydrogens is 426 g/mol. The second kappa shape index (κ2) is 9.38. The van der Waals surface area contributed by atoms with Gasteiger partial charge in [0.25, 0.3) is 0 Å². The van der Waals surface area contributed by atoms with Crippen LogP contribution >= 0.6 is 0 Å². The molecule has 8 heteroatoms. The highest BCUT2D eigenvalue weighted by Gasteiger charge is 2.37. The predicted octanol–water partition coefficient (Wildman–Crippen LogP) is 4.24. The van der Waals surface area contributed by atoms with Gasteiger partial charge in [-0.15, -0.1) is 0 Å². The summed E-state index contributed by atoms with van der Waals surface area (Å²) in [6, 6.07) is 12.1. The van der Waals surface area contributed by atoms with E-state index in [2.05, 4.69) is 64.0 Å². The number of hydrogen-bond acceptors (Lipinski definition) is 8. The van der Waals surface area contributed by atoms with Gasteiger partial charge >= 0.3 is 0 Å². The van der Waals surface area contributed by atoms with Gasteiger partial charge in [-0.05, 0) is 38.4 Å². The number of aromatic nitrogens is 2. The van der Waals surface area contributed by atoms with Gasteiger partial charge in [0.2, 0.25) is 0 Å². The Bertz CT molecular complexity index is 1160. The highest BCUT2D eigenvalue weighted by atomic mass is 16.5. The van der Waals surface area contributed by atoms with E-state index in [4.69, 9.17) is 10.5 Å². The molecule has 0 amide bonds. The molecule has 3 aromatic rings. The van der Waals surface area contributed by atoms with Gasteiger partial charge in [0.05, 0.1) is 35.6 Å². The third kappa shape index (κ3) is 4.72. The van der Waals surface area contributed by atoms with E-state index in [1.165, 1.54) is 0 Å². The summed E-state index contributed by atoms with van der Waals surface area (Å²) in [4.78, 5) is 15.8. The van der Waals surface area contributed by atoms with E-state index in [-0.39, 0.29) is 5.41 Å². The van der Waals surface area contributed by atoms with Crippen LogP contribution in [0.15, 0.2) is 48.8 Å². The number of nitrogens with one attached hydrogen (secondary N) is 1. The Morgan fingerprint density at radius 2 is 1.88 bits per heavy atom. The van der Waals surface area contributed by atoms with E-state index in [9.17, 15) is 0 Å². The summed E-state index contributed by atoms with van der Waals surface area (Å²) in [6.07, 6.45) is 3.68. The number of anilines is 6. The molecule has 0 spiro atoms. The quantitative estimate of drug-likeness (QED) is 0.482. The first kappa shape index (κ1) is 23.6. The normalized spacial score (nSPS) is 14.3. The van der Waals surface area contributed by atoms with E-state index < -0.39 is 0 Å². The highest BCUT2D eigenvalue weighted by Crippen LogP contribution is 2.43. The molecule has 2 aromatic heterocycles. The number of nitrogen functional groups attached to an aromatic ring is 1. The van der Waals surface area contributed by atoms with Gasteiger partial charge in [0.1, 0.15) is 11.6 Å². The lowest BCUT2D eigenvalue weighted by atomic mass is 9.91. The third-order valence-electron chi connectivity index (χ3n) is 6.23. The van der Waals surface area contributed by atoms with Crippen molar-refractivity contribution in [2.75, 3.05) is 68.7 Å². The van der Waals surface area contributed by atoms with Crippen LogP contribution in [0.25, 0.3) is 0 Å². The molecule has 34 heavy (non-hydrogen) atoms. The summed E-state index contributed by atoms with van der Waals surface area (Å²) < 4.78 is 5.69. The van der Waals surface area contributed by atoms with Gasteiger partial charge in [0, 0.05) is 62.3 Å². The molecule has 180 valence electrons. The monoisotopic (exact) mass is 461 g/mol. The number of pyridine rings is 2. The van der Waals surface area contributed by atoms with Crippen LogP contribution in [0.2, 0.25) is 0 Å². The average molecular weight is 462 g/mol. The van der Waals surface area contributed by atoms with Crippen molar-refractivity contribution >= 4 is 34.3 Å². The van der Waals surface area contributed by atoms with Crippen molar-refractivity contribution in [1.29, 1.82) is 0 Å². The number of nitrogens with zero attached hydrogens (tertiary/aromatic N) is 5. The number of rotatable bonds is 8. The molecule has 1 aliphatic rings. The first-order valence-electron chi connectivity index (χ1n) is 11.5. The topological polar surface area (TPSA) is 82.8 Å². The lowest BCUT2D eigenvalue weighted by Gasteiger charge is -2.25. The molecule has 4 rings (SSSR count). The molecule has 8 nitrogen and oxygen atoms in total.